The molecule has 2 nitrogen and oxygen atoms in total. The highest BCUT2D eigenvalue weighted by atomic mass is 16.5. The third kappa shape index (κ3) is 2.51. The van der Waals surface area contributed by atoms with Crippen LogP contribution in [-0.2, 0) is 4.74 Å². The summed E-state index contributed by atoms with van der Waals surface area (Å²) in [6.07, 6.45) is 1.12. The van der Waals surface area contributed by atoms with Gasteiger partial charge in [0, 0.05) is 12.3 Å². The average molecular weight is 205 g/mol. The molecule has 15 heavy (non-hydrogen) atoms. The molecule has 1 aromatic rings. The molecule has 0 amide bonds. The number of rotatable bonds is 3. The molecule has 2 rings (SSSR count). The van der Waals surface area contributed by atoms with E-state index in [4.69, 9.17) is 4.74 Å². The van der Waals surface area contributed by atoms with E-state index in [0.717, 1.165) is 19.6 Å². The van der Waals surface area contributed by atoms with Gasteiger partial charge in [0.15, 0.2) is 0 Å². The van der Waals surface area contributed by atoms with Crippen LogP contribution >= 0.6 is 0 Å². The molecule has 0 aliphatic carbocycles. The number of ether oxygens (including phenoxy) is 1. The predicted molar refractivity (Wildman–Crippen MR) is 63.4 cm³/mol. The summed E-state index contributed by atoms with van der Waals surface area (Å²) in [5.41, 5.74) is 2.66. The molecule has 1 heterocycles. The molecule has 1 aromatic carbocycles. The van der Waals surface area contributed by atoms with Gasteiger partial charge in [-0.05, 0) is 24.0 Å². The highest BCUT2D eigenvalue weighted by Gasteiger charge is 2.16. The number of anilines is 1. The molecule has 0 radical (unpaired) electrons. The average Bonchev–Trinajstić information content (AvgIpc) is 2.71. The Kier molecular flexibility index (Phi) is 3.27. The molecule has 0 aromatic heterocycles. The molecule has 2 heteroatoms. The van der Waals surface area contributed by atoms with Crippen molar-refractivity contribution in [2.24, 2.45) is 0 Å². The van der Waals surface area contributed by atoms with E-state index < -0.39 is 0 Å². The fourth-order valence-electron chi connectivity index (χ4n) is 2.00. The molecule has 1 N–H and O–H groups in total. The molecule has 1 aliphatic rings. The minimum Gasteiger partial charge on any atom is -0.380 e. The van der Waals surface area contributed by atoms with Crippen molar-refractivity contribution in [3.63, 3.8) is 0 Å². The van der Waals surface area contributed by atoms with Gasteiger partial charge in [-0.15, -0.1) is 0 Å². The first-order chi connectivity index (χ1) is 7.27. The van der Waals surface area contributed by atoms with Crippen LogP contribution in [0.25, 0.3) is 0 Å². The summed E-state index contributed by atoms with van der Waals surface area (Å²) in [5.74, 6) is 0.566. The Labute approximate surface area is 91.6 Å². The Morgan fingerprint density at radius 2 is 2.13 bits per heavy atom. The summed E-state index contributed by atoms with van der Waals surface area (Å²) in [5, 5.41) is 3.57. The lowest BCUT2D eigenvalue weighted by Crippen LogP contribution is -2.19. The Balaban J connectivity index is 2.12. The second kappa shape index (κ2) is 4.67. The third-order valence-corrected chi connectivity index (χ3v) is 2.87. The van der Waals surface area contributed by atoms with Gasteiger partial charge in [0.1, 0.15) is 0 Å². The predicted octanol–water partition coefficient (Wildman–Crippen LogP) is 3.01. The maximum absolute atomic E-state index is 5.37. The highest BCUT2D eigenvalue weighted by Crippen LogP contribution is 2.25. The molecular formula is C13H19NO. The van der Waals surface area contributed by atoms with Crippen molar-refractivity contribution in [2.45, 2.75) is 32.2 Å². The van der Waals surface area contributed by atoms with Crippen molar-refractivity contribution >= 4 is 5.69 Å². The van der Waals surface area contributed by atoms with Crippen molar-refractivity contribution in [3.05, 3.63) is 29.8 Å². The fraction of sp³-hybridized carbons (Fsp3) is 0.538. The molecule has 0 spiro atoms. The second-order valence-electron chi connectivity index (χ2n) is 4.45. The van der Waals surface area contributed by atoms with E-state index in [1.807, 2.05) is 0 Å². The number of hydrogen-bond acceptors (Lipinski definition) is 2. The largest absolute Gasteiger partial charge is 0.380 e. The first kappa shape index (κ1) is 10.5. The van der Waals surface area contributed by atoms with Gasteiger partial charge in [-0.3, -0.25) is 0 Å². The Hall–Kier alpha value is -1.02. The molecule has 1 aliphatic heterocycles. The molecular weight excluding hydrogens is 186 g/mol. The van der Waals surface area contributed by atoms with Crippen LogP contribution < -0.4 is 5.32 Å². The van der Waals surface area contributed by atoms with Crippen LogP contribution in [0, 0.1) is 0 Å². The summed E-state index contributed by atoms with van der Waals surface area (Å²) in [7, 11) is 0. The van der Waals surface area contributed by atoms with Crippen LogP contribution in [0.4, 0.5) is 5.69 Å². The standard InChI is InChI=1S/C13H19NO/c1-10(2)12-5-3-4-6-13(12)14-11-7-8-15-9-11/h3-6,10-11,14H,7-9H2,1-2H3/t11-/m1/s1. The fourth-order valence-corrected chi connectivity index (χ4v) is 2.00. The maximum Gasteiger partial charge on any atom is 0.0668 e. The molecule has 1 saturated heterocycles. The number of benzene rings is 1. The molecule has 1 atom stereocenters. The van der Waals surface area contributed by atoms with Gasteiger partial charge in [-0.1, -0.05) is 32.0 Å². The first-order valence-corrected chi connectivity index (χ1v) is 5.70. The number of hydrogen-bond donors (Lipinski definition) is 1. The quantitative estimate of drug-likeness (QED) is 0.819. The number of nitrogens with one attached hydrogen (secondary N) is 1. The van der Waals surface area contributed by atoms with Crippen molar-refractivity contribution < 1.29 is 4.74 Å². The van der Waals surface area contributed by atoms with Gasteiger partial charge in [0.25, 0.3) is 0 Å². The minimum atomic E-state index is 0.491. The summed E-state index contributed by atoms with van der Waals surface area (Å²) >= 11 is 0. The van der Waals surface area contributed by atoms with Crippen molar-refractivity contribution in [3.8, 4) is 0 Å². The lowest BCUT2D eigenvalue weighted by Gasteiger charge is -2.17. The van der Waals surface area contributed by atoms with Crippen LogP contribution in [0.15, 0.2) is 24.3 Å². The Bertz CT molecular complexity index is 316. The summed E-state index contributed by atoms with van der Waals surface area (Å²) < 4.78 is 5.37. The van der Waals surface area contributed by atoms with E-state index in [1.54, 1.807) is 0 Å². The molecule has 0 unspecified atom stereocenters. The Morgan fingerprint density at radius 3 is 2.80 bits per heavy atom. The monoisotopic (exact) mass is 205 g/mol. The Morgan fingerprint density at radius 1 is 1.33 bits per heavy atom. The van der Waals surface area contributed by atoms with Crippen LogP contribution in [0.1, 0.15) is 31.7 Å². The maximum atomic E-state index is 5.37. The van der Waals surface area contributed by atoms with Crippen LogP contribution in [-0.4, -0.2) is 19.3 Å². The van der Waals surface area contributed by atoms with E-state index in [0.29, 0.717) is 12.0 Å². The second-order valence-corrected chi connectivity index (χ2v) is 4.45. The van der Waals surface area contributed by atoms with E-state index >= 15 is 0 Å². The van der Waals surface area contributed by atoms with E-state index in [9.17, 15) is 0 Å². The zero-order chi connectivity index (χ0) is 10.7. The van der Waals surface area contributed by atoms with Crippen molar-refractivity contribution in [1.29, 1.82) is 0 Å². The third-order valence-electron chi connectivity index (χ3n) is 2.87. The molecule has 0 saturated carbocycles. The molecule has 1 fully saturated rings. The van der Waals surface area contributed by atoms with Gasteiger partial charge >= 0.3 is 0 Å². The van der Waals surface area contributed by atoms with Gasteiger partial charge in [-0.25, -0.2) is 0 Å². The van der Waals surface area contributed by atoms with E-state index in [-0.39, 0.29) is 0 Å². The summed E-state index contributed by atoms with van der Waals surface area (Å²) in [4.78, 5) is 0. The van der Waals surface area contributed by atoms with Gasteiger partial charge < -0.3 is 10.1 Å². The van der Waals surface area contributed by atoms with Crippen LogP contribution in [0.2, 0.25) is 0 Å². The van der Waals surface area contributed by atoms with E-state index in [2.05, 4.69) is 43.4 Å². The lowest BCUT2D eigenvalue weighted by molar-refractivity contribution is 0.195. The van der Waals surface area contributed by atoms with Crippen molar-refractivity contribution in [2.75, 3.05) is 18.5 Å². The number of para-hydroxylation sites is 1. The van der Waals surface area contributed by atoms with E-state index in [1.165, 1.54) is 11.3 Å². The highest BCUT2D eigenvalue weighted by molar-refractivity contribution is 5.53. The van der Waals surface area contributed by atoms with Crippen molar-refractivity contribution in [1.82, 2.24) is 0 Å². The molecule has 0 bridgehead atoms. The van der Waals surface area contributed by atoms with Gasteiger partial charge in [-0.2, -0.15) is 0 Å². The summed E-state index contributed by atoms with van der Waals surface area (Å²) in [6, 6.07) is 9.04. The lowest BCUT2D eigenvalue weighted by atomic mass is 10.0. The smallest absolute Gasteiger partial charge is 0.0668 e. The zero-order valence-corrected chi connectivity index (χ0v) is 9.49. The summed E-state index contributed by atoms with van der Waals surface area (Å²) in [6.45, 7) is 6.19. The molecule has 82 valence electrons. The van der Waals surface area contributed by atoms with Crippen LogP contribution in [0.3, 0.4) is 0 Å². The van der Waals surface area contributed by atoms with Gasteiger partial charge in [0.05, 0.1) is 12.6 Å². The van der Waals surface area contributed by atoms with Crippen LogP contribution in [0.5, 0.6) is 0 Å². The first-order valence-electron chi connectivity index (χ1n) is 5.70. The zero-order valence-electron chi connectivity index (χ0n) is 9.49. The topological polar surface area (TPSA) is 21.3 Å². The minimum absolute atomic E-state index is 0.491. The van der Waals surface area contributed by atoms with Gasteiger partial charge in [0.2, 0.25) is 0 Å². The normalized spacial score (nSPS) is 20.9. The SMILES string of the molecule is CC(C)c1ccccc1N[C@@H]1CCOC1.